The van der Waals surface area contributed by atoms with Crippen molar-refractivity contribution in [3.63, 3.8) is 0 Å². The standard InChI is InChI=1S/C21H24N4O4/c1-23-11-10-15(22)13-25(21(29)18-9-8-17(26)12-19(18)27)16-6-4-14(5-7-16)20(28)24(2)3/h4-9,11-12,22,26-27H,10,13H2,1-3H3. The van der Waals surface area contributed by atoms with Crippen LogP contribution < -0.4 is 4.90 Å². The van der Waals surface area contributed by atoms with Crippen LogP contribution >= 0.6 is 0 Å². The van der Waals surface area contributed by atoms with Gasteiger partial charge in [0, 0.05) is 56.8 Å². The first kappa shape index (κ1) is 21.6. The van der Waals surface area contributed by atoms with E-state index in [-0.39, 0.29) is 41.6 Å². The van der Waals surface area contributed by atoms with Crippen molar-refractivity contribution in [2.75, 3.05) is 32.6 Å². The lowest BCUT2D eigenvalue weighted by molar-refractivity contribution is 0.0827. The molecule has 2 aromatic carbocycles. The molecule has 0 atom stereocenters. The number of benzene rings is 2. The van der Waals surface area contributed by atoms with E-state index < -0.39 is 5.91 Å². The van der Waals surface area contributed by atoms with Crippen molar-refractivity contribution in [3.8, 4) is 11.5 Å². The van der Waals surface area contributed by atoms with Gasteiger partial charge in [0.25, 0.3) is 11.8 Å². The minimum atomic E-state index is -0.535. The van der Waals surface area contributed by atoms with Crippen LogP contribution in [0.4, 0.5) is 5.69 Å². The molecule has 0 heterocycles. The maximum atomic E-state index is 13.1. The highest BCUT2D eigenvalue weighted by atomic mass is 16.3. The van der Waals surface area contributed by atoms with Crippen LogP contribution in [0.3, 0.4) is 0 Å². The number of carbonyl (C=O) groups is 2. The maximum Gasteiger partial charge on any atom is 0.262 e. The summed E-state index contributed by atoms with van der Waals surface area (Å²) in [5.74, 6) is -1.23. The van der Waals surface area contributed by atoms with Gasteiger partial charge in [-0.3, -0.25) is 9.59 Å². The Morgan fingerprint density at radius 2 is 1.72 bits per heavy atom. The van der Waals surface area contributed by atoms with Gasteiger partial charge in [0.1, 0.15) is 11.5 Å². The Kier molecular flexibility index (Phi) is 7.08. The molecule has 0 bridgehead atoms. The SMILES string of the molecule is CN=CCC(=N)CN(C(=O)c1ccc(O)cc1O)c1ccc(C(=O)N(C)C)cc1. The van der Waals surface area contributed by atoms with Crippen molar-refractivity contribution in [2.45, 2.75) is 6.42 Å². The van der Waals surface area contributed by atoms with Gasteiger partial charge in [-0.15, -0.1) is 0 Å². The summed E-state index contributed by atoms with van der Waals surface area (Å²) in [6.45, 7) is -0.0217. The molecule has 0 spiro atoms. The highest BCUT2D eigenvalue weighted by molar-refractivity contribution is 6.11. The van der Waals surface area contributed by atoms with Gasteiger partial charge >= 0.3 is 0 Å². The molecule has 0 aromatic heterocycles. The number of carbonyl (C=O) groups excluding carboxylic acids is 2. The second-order valence-electron chi connectivity index (χ2n) is 6.59. The van der Waals surface area contributed by atoms with Crippen LogP contribution in [0.25, 0.3) is 0 Å². The Morgan fingerprint density at radius 3 is 2.28 bits per heavy atom. The van der Waals surface area contributed by atoms with Crippen LogP contribution in [0, 0.1) is 5.41 Å². The van der Waals surface area contributed by atoms with E-state index in [1.807, 2.05) is 0 Å². The van der Waals surface area contributed by atoms with Crippen molar-refractivity contribution in [3.05, 3.63) is 53.6 Å². The zero-order valence-corrected chi connectivity index (χ0v) is 16.6. The molecule has 0 aliphatic heterocycles. The number of aliphatic imine (C=N–C) groups is 1. The second-order valence-corrected chi connectivity index (χ2v) is 6.59. The van der Waals surface area contributed by atoms with E-state index in [1.165, 1.54) is 21.9 Å². The summed E-state index contributed by atoms with van der Waals surface area (Å²) >= 11 is 0. The number of rotatable bonds is 7. The van der Waals surface area contributed by atoms with Crippen LogP contribution in [-0.4, -0.2) is 66.5 Å². The summed E-state index contributed by atoms with van der Waals surface area (Å²) in [5, 5.41) is 27.7. The monoisotopic (exact) mass is 396 g/mol. The highest BCUT2D eigenvalue weighted by Gasteiger charge is 2.22. The van der Waals surface area contributed by atoms with Gasteiger partial charge in [-0.05, 0) is 36.4 Å². The van der Waals surface area contributed by atoms with Gasteiger partial charge in [-0.1, -0.05) is 0 Å². The molecule has 29 heavy (non-hydrogen) atoms. The minimum Gasteiger partial charge on any atom is -0.508 e. The number of phenols is 2. The van der Waals surface area contributed by atoms with Crippen molar-refractivity contribution >= 4 is 29.4 Å². The Hall–Kier alpha value is -3.68. The number of phenolic OH excluding ortho intramolecular Hbond substituents is 2. The number of nitrogens with zero attached hydrogens (tertiary/aromatic N) is 3. The average molecular weight is 396 g/mol. The molecule has 0 saturated heterocycles. The normalized spacial score (nSPS) is 10.7. The number of anilines is 1. The molecule has 152 valence electrons. The van der Waals surface area contributed by atoms with E-state index in [4.69, 9.17) is 5.41 Å². The second kappa shape index (κ2) is 9.50. The van der Waals surface area contributed by atoms with Gasteiger partial charge in [0.05, 0.1) is 12.1 Å². The van der Waals surface area contributed by atoms with Crippen LogP contribution in [0.2, 0.25) is 0 Å². The molecule has 3 N–H and O–H groups in total. The summed E-state index contributed by atoms with van der Waals surface area (Å²) in [7, 11) is 4.90. The Morgan fingerprint density at radius 1 is 1.07 bits per heavy atom. The fourth-order valence-electron chi connectivity index (χ4n) is 2.63. The van der Waals surface area contributed by atoms with Gasteiger partial charge in [0.2, 0.25) is 0 Å². The number of hydrogen-bond donors (Lipinski definition) is 3. The predicted octanol–water partition coefficient (Wildman–Crippen LogP) is 2.56. The third-order valence-corrected chi connectivity index (χ3v) is 4.16. The number of hydrogen-bond acceptors (Lipinski definition) is 6. The fourth-order valence-corrected chi connectivity index (χ4v) is 2.63. The Bertz CT molecular complexity index is 936. The number of aromatic hydroxyl groups is 2. The Labute approximate surface area is 169 Å². The number of amides is 2. The van der Waals surface area contributed by atoms with Crippen molar-refractivity contribution in [2.24, 2.45) is 4.99 Å². The molecular formula is C21H24N4O4. The lowest BCUT2D eigenvalue weighted by atomic mass is 10.1. The first-order valence-corrected chi connectivity index (χ1v) is 8.87. The quantitative estimate of drug-likeness (QED) is 0.624. The van der Waals surface area contributed by atoms with Crippen LogP contribution in [-0.2, 0) is 0 Å². The number of nitrogens with one attached hydrogen (secondary N) is 1. The zero-order chi connectivity index (χ0) is 21.6. The van der Waals surface area contributed by atoms with E-state index >= 15 is 0 Å². The molecule has 0 unspecified atom stereocenters. The smallest absolute Gasteiger partial charge is 0.262 e. The molecule has 8 nitrogen and oxygen atoms in total. The van der Waals surface area contributed by atoms with Crippen molar-refractivity contribution in [1.82, 2.24) is 4.90 Å². The Balaban J connectivity index is 2.40. The predicted molar refractivity (Wildman–Crippen MR) is 113 cm³/mol. The lowest BCUT2D eigenvalue weighted by Gasteiger charge is -2.24. The van der Waals surface area contributed by atoms with E-state index in [0.29, 0.717) is 11.3 Å². The molecule has 2 rings (SSSR count). The molecule has 0 saturated carbocycles. The third-order valence-electron chi connectivity index (χ3n) is 4.16. The van der Waals surface area contributed by atoms with Crippen molar-refractivity contribution < 1.29 is 19.8 Å². The van der Waals surface area contributed by atoms with Crippen LogP contribution in [0.1, 0.15) is 27.1 Å². The molecule has 2 amide bonds. The first-order chi connectivity index (χ1) is 13.7. The zero-order valence-electron chi connectivity index (χ0n) is 16.6. The summed E-state index contributed by atoms with van der Waals surface area (Å²) in [6.07, 6.45) is 1.85. The van der Waals surface area contributed by atoms with Gasteiger partial charge in [-0.2, -0.15) is 0 Å². The van der Waals surface area contributed by atoms with Gasteiger partial charge < -0.3 is 30.4 Å². The summed E-state index contributed by atoms with van der Waals surface area (Å²) in [5.41, 5.74) is 1.17. The minimum absolute atomic E-state index is 0.00629. The fraction of sp³-hybridized carbons (Fsp3) is 0.238. The topological polar surface area (TPSA) is 117 Å². The molecule has 0 aliphatic rings. The first-order valence-electron chi connectivity index (χ1n) is 8.87. The van der Waals surface area contributed by atoms with E-state index in [2.05, 4.69) is 4.99 Å². The summed E-state index contributed by atoms with van der Waals surface area (Å²) < 4.78 is 0. The maximum absolute atomic E-state index is 13.1. The molecule has 2 aromatic rings. The van der Waals surface area contributed by atoms with Crippen LogP contribution in [0.15, 0.2) is 47.5 Å². The van der Waals surface area contributed by atoms with E-state index in [9.17, 15) is 19.8 Å². The third kappa shape index (κ3) is 5.41. The van der Waals surface area contributed by atoms with E-state index in [1.54, 1.807) is 51.6 Å². The molecule has 8 heteroatoms. The molecule has 0 aliphatic carbocycles. The lowest BCUT2D eigenvalue weighted by Crippen LogP contribution is -2.35. The summed E-state index contributed by atoms with van der Waals surface area (Å²) in [6, 6.07) is 10.2. The van der Waals surface area contributed by atoms with Crippen molar-refractivity contribution in [1.29, 1.82) is 5.41 Å². The van der Waals surface area contributed by atoms with Gasteiger partial charge in [0.15, 0.2) is 0 Å². The van der Waals surface area contributed by atoms with Gasteiger partial charge in [-0.25, -0.2) is 0 Å². The average Bonchev–Trinajstić information content (AvgIpc) is 2.69. The van der Waals surface area contributed by atoms with Crippen LogP contribution in [0.5, 0.6) is 11.5 Å². The molecule has 0 radical (unpaired) electrons. The molecule has 0 fully saturated rings. The summed E-state index contributed by atoms with van der Waals surface area (Å²) in [4.78, 5) is 31.8. The van der Waals surface area contributed by atoms with E-state index in [0.717, 1.165) is 6.07 Å². The highest BCUT2D eigenvalue weighted by Crippen LogP contribution is 2.26. The largest absolute Gasteiger partial charge is 0.508 e. The molecular weight excluding hydrogens is 372 g/mol.